The molecule has 0 saturated carbocycles. The number of nitrogens with zero attached hydrogens (tertiary/aromatic N) is 2. The van der Waals surface area contributed by atoms with Gasteiger partial charge in [0.05, 0.1) is 18.8 Å². The summed E-state index contributed by atoms with van der Waals surface area (Å²) in [5.74, 6) is -0.210. The molecule has 3 aromatic rings. The number of ether oxygens (including phenoxy) is 1. The van der Waals surface area contributed by atoms with Crippen molar-refractivity contribution in [1.29, 1.82) is 0 Å². The third kappa shape index (κ3) is 6.48. The second-order valence-electron chi connectivity index (χ2n) is 7.96. The summed E-state index contributed by atoms with van der Waals surface area (Å²) in [4.78, 5) is 31.8. The molecule has 8 heteroatoms. The van der Waals surface area contributed by atoms with E-state index in [1.807, 2.05) is 37.3 Å². The lowest BCUT2D eigenvalue weighted by Crippen LogP contribution is -2.31. The Bertz CT molecular complexity index is 1180. The summed E-state index contributed by atoms with van der Waals surface area (Å²) < 4.78 is 18.9. The Morgan fingerprint density at radius 2 is 1.77 bits per heavy atom. The van der Waals surface area contributed by atoms with E-state index >= 15 is 0 Å². The molecule has 1 aliphatic heterocycles. The third-order valence-electron chi connectivity index (χ3n) is 5.27. The van der Waals surface area contributed by atoms with Crippen molar-refractivity contribution in [3.05, 3.63) is 90.2 Å². The number of hydrogen-bond acceptors (Lipinski definition) is 5. The molecule has 180 valence electrons. The Morgan fingerprint density at radius 3 is 2.46 bits per heavy atom. The van der Waals surface area contributed by atoms with Gasteiger partial charge in [0, 0.05) is 12.1 Å². The number of amides is 2. The zero-order valence-electron chi connectivity index (χ0n) is 19.3. The molecule has 0 radical (unpaired) electrons. The Balaban J connectivity index is 1.50. The summed E-state index contributed by atoms with van der Waals surface area (Å²) in [6, 6.07) is 22.6. The third-order valence-corrected chi connectivity index (χ3v) is 6.38. The minimum absolute atomic E-state index is 0.0625. The van der Waals surface area contributed by atoms with Crippen molar-refractivity contribution in [1.82, 2.24) is 0 Å². The number of hydrogen-bond donors (Lipinski definition) is 1. The van der Waals surface area contributed by atoms with Gasteiger partial charge in [0.2, 0.25) is 11.8 Å². The summed E-state index contributed by atoms with van der Waals surface area (Å²) >= 11 is 1.20. The molecule has 3 aromatic carbocycles. The summed E-state index contributed by atoms with van der Waals surface area (Å²) in [6.07, 6.45) is 0.955. The van der Waals surface area contributed by atoms with Crippen molar-refractivity contribution in [3.63, 3.8) is 0 Å². The fraction of sp³-hybridized carbons (Fsp3) is 0.222. The van der Waals surface area contributed by atoms with E-state index < -0.39 is 5.25 Å². The van der Waals surface area contributed by atoms with Gasteiger partial charge in [-0.15, -0.1) is 0 Å². The second-order valence-corrected chi connectivity index (χ2v) is 9.15. The van der Waals surface area contributed by atoms with E-state index in [2.05, 4.69) is 10.3 Å². The van der Waals surface area contributed by atoms with Crippen LogP contribution in [0, 0.1) is 5.82 Å². The smallest absolute Gasteiger partial charge is 0.247 e. The Labute approximate surface area is 208 Å². The van der Waals surface area contributed by atoms with Crippen molar-refractivity contribution >= 4 is 40.1 Å². The molecule has 0 aromatic heterocycles. The van der Waals surface area contributed by atoms with Gasteiger partial charge in [-0.2, -0.15) is 0 Å². The summed E-state index contributed by atoms with van der Waals surface area (Å²) in [6.45, 7) is 3.02. The molecule has 1 aliphatic rings. The highest BCUT2D eigenvalue weighted by Crippen LogP contribution is 2.32. The average molecular weight is 492 g/mol. The van der Waals surface area contributed by atoms with Gasteiger partial charge >= 0.3 is 0 Å². The van der Waals surface area contributed by atoms with Gasteiger partial charge in [-0.3, -0.25) is 14.6 Å². The number of carbonyl (C=O) groups is 2. The van der Waals surface area contributed by atoms with Crippen LogP contribution in [0.2, 0.25) is 0 Å². The summed E-state index contributed by atoms with van der Waals surface area (Å²) in [5, 5.41) is 3.03. The number of benzene rings is 3. The molecule has 1 heterocycles. The highest BCUT2D eigenvalue weighted by Gasteiger charge is 2.40. The van der Waals surface area contributed by atoms with Gasteiger partial charge in [0.25, 0.3) is 0 Å². The number of amidine groups is 1. The van der Waals surface area contributed by atoms with E-state index in [-0.39, 0.29) is 24.1 Å². The average Bonchev–Trinajstić information content (AvgIpc) is 3.16. The number of anilines is 2. The van der Waals surface area contributed by atoms with Crippen molar-refractivity contribution in [2.24, 2.45) is 4.99 Å². The number of rotatable bonds is 8. The van der Waals surface area contributed by atoms with Crippen LogP contribution in [0.5, 0.6) is 5.75 Å². The Kier molecular flexibility index (Phi) is 8.15. The minimum atomic E-state index is -0.624. The number of halogens is 1. The zero-order chi connectivity index (χ0) is 24.6. The second kappa shape index (κ2) is 11.7. The minimum Gasteiger partial charge on any atom is -0.494 e. The van der Waals surface area contributed by atoms with E-state index in [0.717, 1.165) is 12.0 Å². The van der Waals surface area contributed by atoms with Crippen molar-refractivity contribution in [3.8, 4) is 5.75 Å². The maximum absolute atomic E-state index is 13.3. The van der Waals surface area contributed by atoms with Gasteiger partial charge < -0.3 is 10.1 Å². The zero-order valence-corrected chi connectivity index (χ0v) is 20.1. The molecular weight excluding hydrogens is 465 g/mol. The molecule has 1 unspecified atom stereocenters. The van der Waals surface area contributed by atoms with Crippen LogP contribution >= 0.6 is 11.8 Å². The summed E-state index contributed by atoms with van der Waals surface area (Å²) in [5.41, 5.74) is 2.16. The highest BCUT2D eigenvalue weighted by molar-refractivity contribution is 8.15. The molecule has 1 N–H and O–H groups in total. The number of thioether (sulfide) groups is 1. The van der Waals surface area contributed by atoms with Gasteiger partial charge in [-0.25, -0.2) is 9.29 Å². The van der Waals surface area contributed by atoms with Crippen LogP contribution < -0.4 is 15.0 Å². The van der Waals surface area contributed by atoms with Crippen molar-refractivity contribution in [2.45, 2.75) is 31.6 Å². The first kappa shape index (κ1) is 24.5. The number of aliphatic imine (C=N–C) groups is 1. The van der Waals surface area contributed by atoms with Gasteiger partial charge in [-0.05, 0) is 60.5 Å². The number of carbonyl (C=O) groups excluding carboxylic acids is 2. The van der Waals surface area contributed by atoms with Gasteiger partial charge in [-0.1, -0.05) is 49.0 Å². The highest BCUT2D eigenvalue weighted by atomic mass is 32.2. The van der Waals surface area contributed by atoms with Crippen LogP contribution in [0.4, 0.5) is 15.8 Å². The molecule has 1 fully saturated rings. The predicted molar refractivity (Wildman–Crippen MR) is 138 cm³/mol. The standard InChI is InChI=1S/C27H26FN3O3S/c1-2-16-34-23-14-12-22(13-15-23)31-25(32)17-24(26(31)33)35-27(29-18-19-6-4-3-5-7-19)30-21-10-8-20(28)9-11-21/h3-15,24H,2,16-18H2,1H3,(H,29,30). The largest absolute Gasteiger partial charge is 0.494 e. The number of nitrogens with one attached hydrogen (secondary N) is 1. The lowest BCUT2D eigenvalue weighted by atomic mass is 10.2. The van der Waals surface area contributed by atoms with Crippen LogP contribution in [0.25, 0.3) is 0 Å². The normalized spacial score (nSPS) is 16.0. The first-order valence-corrected chi connectivity index (χ1v) is 12.3. The quantitative estimate of drug-likeness (QED) is 0.251. The first-order chi connectivity index (χ1) is 17.0. The number of imide groups is 1. The van der Waals surface area contributed by atoms with Crippen LogP contribution in [-0.4, -0.2) is 28.8 Å². The maximum Gasteiger partial charge on any atom is 0.247 e. The molecule has 2 amide bonds. The first-order valence-electron chi connectivity index (χ1n) is 11.4. The van der Waals surface area contributed by atoms with E-state index in [9.17, 15) is 14.0 Å². The molecule has 0 aliphatic carbocycles. The van der Waals surface area contributed by atoms with Crippen molar-refractivity contribution in [2.75, 3.05) is 16.8 Å². The van der Waals surface area contributed by atoms with Crippen LogP contribution in [0.15, 0.2) is 83.9 Å². The van der Waals surface area contributed by atoms with E-state index in [4.69, 9.17) is 4.74 Å². The summed E-state index contributed by atoms with van der Waals surface area (Å²) in [7, 11) is 0. The Hall–Kier alpha value is -3.65. The van der Waals surface area contributed by atoms with Crippen LogP contribution in [0.3, 0.4) is 0 Å². The molecular formula is C27H26FN3O3S. The molecule has 6 nitrogen and oxygen atoms in total. The van der Waals surface area contributed by atoms with E-state index in [1.54, 1.807) is 36.4 Å². The van der Waals surface area contributed by atoms with Crippen LogP contribution in [0.1, 0.15) is 25.3 Å². The van der Waals surface area contributed by atoms with E-state index in [0.29, 0.717) is 35.4 Å². The van der Waals surface area contributed by atoms with Crippen LogP contribution in [-0.2, 0) is 16.1 Å². The molecule has 4 rings (SSSR count). The molecule has 1 atom stereocenters. The molecule has 1 saturated heterocycles. The monoisotopic (exact) mass is 491 g/mol. The fourth-order valence-electron chi connectivity index (χ4n) is 3.52. The molecule has 35 heavy (non-hydrogen) atoms. The Morgan fingerprint density at radius 1 is 1.06 bits per heavy atom. The molecule has 0 bridgehead atoms. The van der Waals surface area contributed by atoms with Gasteiger partial charge in [0.1, 0.15) is 16.8 Å². The maximum atomic E-state index is 13.3. The fourth-order valence-corrected chi connectivity index (χ4v) is 4.54. The van der Waals surface area contributed by atoms with Crippen molar-refractivity contribution < 1.29 is 18.7 Å². The SMILES string of the molecule is CCCOc1ccc(N2C(=O)CC(SC(=NCc3ccccc3)Nc3ccc(F)cc3)C2=O)cc1. The molecule has 0 spiro atoms. The van der Waals surface area contributed by atoms with E-state index in [1.165, 1.54) is 28.8 Å². The lowest BCUT2D eigenvalue weighted by molar-refractivity contribution is -0.121. The topological polar surface area (TPSA) is 71.0 Å². The lowest BCUT2D eigenvalue weighted by Gasteiger charge is -2.16. The predicted octanol–water partition coefficient (Wildman–Crippen LogP) is 5.65. The van der Waals surface area contributed by atoms with Gasteiger partial charge in [0.15, 0.2) is 5.17 Å².